The maximum Gasteiger partial charge on any atom is 0.245 e. The van der Waals surface area contributed by atoms with Crippen LogP contribution in [-0.2, 0) is 9.53 Å². The van der Waals surface area contributed by atoms with Crippen LogP contribution in [0.4, 0.5) is 5.69 Å². The molecule has 3 rings (SSSR count). The second-order valence-corrected chi connectivity index (χ2v) is 5.88. The molecule has 0 saturated carbocycles. The van der Waals surface area contributed by atoms with Crippen LogP contribution in [0.1, 0.15) is 12.8 Å². The van der Waals surface area contributed by atoms with Crippen molar-refractivity contribution in [2.75, 3.05) is 18.5 Å². The largest absolute Gasteiger partial charge is 0.381 e. The summed E-state index contributed by atoms with van der Waals surface area (Å²) in [5.41, 5.74) is -0.219. The Morgan fingerprint density at radius 2 is 2.15 bits per heavy atom. The number of anilines is 1. The summed E-state index contributed by atoms with van der Waals surface area (Å²) in [6.45, 7) is 0.926. The summed E-state index contributed by atoms with van der Waals surface area (Å²) >= 11 is 1.67. The molecule has 4 nitrogen and oxygen atoms in total. The number of hydrogen-bond acceptors (Lipinski definition) is 4. The minimum atomic E-state index is -0.956. The summed E-state index contributed by atoms with van der Waals surface area (Å²) in [7, 11) is 0. The van der Waals surface area contributed by atoms with Gasteiger partial charge in [-0.25, -0.2) is 0 Å². The molecule has 20 heavy (non-hydrogen) atoms. The minimum absolute atomic E-state index is 0.224. The topological polar surface area (TPSA) is 62.1 Å². The van der Waals surface area contributed by atoms with Gasteiger partial charge in [0.2, 0.25) is 5.91 Å². The molecule has 5 heteroatoms. The van der Waals surface area contributed by atoms with Crippen molar-refractivity contribution in [3.8, 4) is 6.07 Å². The first-order chi connectivity index (χ1) is 9.73. The molecule has 0 unspecified atom stereocenters. The lowest BCUT2D eigenvalue weighted by Crippen LogP contribution is -2.39. The molecule has 1 aliphatic heterocycles. The number of nitrogens with zero attached hydrogens (tertiary/aromatic N) is 1. The molecule has 1 saturated heterocycles. The highest BCUT2D eigenvalue weighted by atomic mass is 32.1. The second kappa shape index (κ2) is 5.23. The van der Waals surface area contributed by atoms with E-state index in [1.165, 1.54) is 4.70 Å². The molecule has 1 aromatic heterocycles. The van der Waals surface area contributed by atoms with E-state index in [0.29, 0.717) is 26.1 Å². The average Bonchev–Trinajstić information content (AvgIpc) is 2.95. The highest BCUT2D eigenvalue weighted by Crippen LogP contribution is 2.32. The molecule has 0 radical (unpaired) electrons. The number of carbonyl (C=O) groups excluding carboxylic acids is 1. The fraction of sp³-hybridized carbons (Fsp3) is 0.333. The molecule has 102 valence electrons. The predicted molar refractivity (Wildman–Crippen MR) is 78.6 cm³/mol. The van der Waals surface area contributed by atoms with E-state index in [1.807, 2.05) is 29.6 Å². The Labute approximate surface area is 121 Å². The van der Waals surface area contributed by atoms with Gasteiger partial charge in [-0.1, -0.05) is 0 Å². The standard InChI is InChI=1S/C15H14N2O2S/c16-10-15(4-6-19-7-5-15)14(18)17-12-1-2-13-11(9-12)3-8-20-13/h1-3,8-9H,4-7H2,(H,17,18). The molecular formula is C15H14N2O2S. The molecule has 0 bridgehead atoms. The zero-order chi connectivity index (χ0) is 14.0. The molecule has 1 aromatic carbocycles. The van der Waals surface area contributed by atoms with Gasteiger partial charge in [0.25, 0.3) is 0 Å². The number of rotatable bonds is 2. The van der Waals surface area contributed by atoms with Crippen LogP contribution in [0.15, 0.2) is 29.6 Å². The summed E-state index contributed by atoms with van der Waals surface area (Å²) in [4.78, 5) is 12.4. The van der Waals surface area contributed by atoms with Crippen LogP contribution < -0.4 is 5.32 Å². The molecule has 1 N–H and O–H groups in total. The second-order valence-electron chi connectivity index (χ2n) is 4.93. The molecule has 2 heterocycles. The van der Waals surface area contributed by atoms with E-state index < -0.39 is 5.41 Å². The van der Waals surface area contributed by atoms with Crippen LogP contribution in [0, 0.1) is 16.7 Å². The van der Waals surface area contributed by atoms with E-state index in [9.17, 15) is 10.1 Å². The van der Waals surface area contributed by atoms with Crippen LogP contribution in [0.2, 0.25) is 0 Å². The lowest BCUT2D eigenvalue weighted by molar-refractivity contribution is -0.126. The Bertz CT molecular complexity index is 680. The molecule has 0 atom stereocenters. The number of ether oxygens (including phenoxy) is 1. The highest BCUT2D eigenvalue weighted by molar-refractivity contribution is 7.17. The lowest BCUT2D eigenvalue weighted by Gasteiger charge is -2.29. The fourth-order valence-electron chi connectivity index (χ4n) is 2.40. The normalized spacial score (nSPS) is 17.6. The SMILES string of the molecule is N#CC1(C(=O)Nc2ccc3sccc3c2)CCOCC1. The summed E-state index contributed by atoms with van der Waals surface area (Å²) in [6, 6.07) is 10.00. The summed E-state index contributed by atoms with van der Waals surface area (Å²) in [5, 5.41) is 15.4. The third-order valence-corrected chi connectivity index (χ3v) is 4.60. The van der Waals surface area contributed by atoms with Gasteiger partial charge in [-0.2, -0.15) is 5.26 Å². The third kappa shape index (κ3) is 2.28. The number of nitriles is 1. The Kier molecular flexibility index (Phi) is 3.43. The number of nitrogens with one attached hydrogen (secondary N) is 1. The first-order valence-corrected chi connectivity index (χ1v) is 7.39. The number of carbonyl (C=O) groups is 1. The van der Waals surface area contributed by atoms with E-state index in [2.05, 4.69) is 11.4 Å². The van der Waals surface area contributed by atoms with Crippen molar-refractivity contribution in [3.05, 3.63) is 29.6 Å². The maximum atomic E-state index is 12.4. The van der Waals surface area contributed by atoms with Gasteiger partial charge in [0, 0.05) is 23.6 Å². The van der Waals surface area contributed by atoms with Gasteiger partial charge in [0.15, 0.2) is 0 Å². The van der Waals surface area contributed by atoms with E-state index in [4.69, 9.17) is 4.74 Å². The number of fused-ring (bicyclic) bond motifs is 1. The Morgan fingerprint density at radius 3 is 2.90 bits per heavy atom. The Balaban J connectivity index is 1.82. The Hall–Kier alpha value is -1.90. The quantitative estimate of drug-likeness (QED) is 0.922. The van der Waals surface area contributed by atoms with E-state index in [-0.39, 0.29) is 5.91 Å². The maximum absolute atomic E-state index is 12.4. The Morgan fingerprint density at radius 1 is 1.35 bits per heavy atom. The zero-order valence-corrected chi connectivity index (χ0v) is 11.7. The van der Waals surface area contributed by atoms with Crippen molar-refractivity contribution in [1.29, 1.82) is 5.26 Å². The smallest absolute Gasteiger partial charge is 0.245 e. The first-order valence-electron chi connectivity index (χ1n) is 6.51. The van der Waals surface area contributed by atoms with Crippen molar-refractivity contribution < 1.29 is 9.53 Å². The van der Waals surface area contributed by atoms with Gasteiger partial charge in [-0.15, -0.1) is 11.3 Å². The average molecular weight is 286 g/mol. The molecule has 1 aliphatic rings. The molecule has 0 spiro atoms. The van der Waals surface area contributed by atoms with Gasteiger partial charge in [0.05, 0.1) is 6.07 Å². The van der Waals surface area contributed by atoms with Crippen LogP contribution in [0.5, 0.6) is 0 Å². The van der Waals surface area contributed by atoms with Gasteiger partial charge >= 0.3 is 0 Å². The van der Waals surface area contributed by atoms with Gasteiger partial charge < -0.3 is 10.1 Å². The van der Waals surface area contributed by atoms with Gasteiger partial charge in [0.1, 0.15) is 5.41 Å². The van der Waals surface area contributed by atoms with Crippen LogP contribution in [0.3, 0.4) is 0 Å². The zero-order valence-electron chi connectivity index (χ0n) is 10.9. The summed E-state index contributed by atoms with van der Waals surface area (Å²) < 4.78 is 6.43. The van der Waals surface area contributed by atoms with Crippen LogP contribution in [-0.4, -0.2) is 19.1 Å². The minimum Gasteiger partial charge on any atom is -0.381 e. The van der Waals surface area contributed by atoms with Crippen molar-refractivity contribution in [3.63, 3.8) is 0 Å². The first kappa shape index (κ1) is 13.1. The summed E-state index contributed by atoms with van der Waals surface area (Å²) in [5.74, 6) is -0.224. The number of hydrogen-bond donors (Lipinski definition) is 1. The monoisotopic (exact) mass is 286 g/mol. The van der Waals surface area contributed by atoms with E-state index >= 15 is 0 Å². The fourth-order valence-corrected chi connectivity index (χ4v) is 3.18. The molecule has 2 aromatic rings. The van der Waals surface area contributed by atoms with Crippen molar-refractivity contribution in [2.45, 2.75) is 12.8 Å². The number of benzene rings is 1. The van der Waals surface area contributed by atoms with E-state index in [0.717, 1.165) is 11.1 Å². The van der Waals surface area contributed by atoms with Crippen molar-refractivity contribution in [1.82, 2.24) is 0 Å². The van der Waals surface area contributed by atoms with Crippen LogP contribution in [0.25, 0.3) is 10.1 Å². The highest BCUT2D eigenvalue weighted by Gasteiger charge is 2.40. The van der Waals surface area contributed by atoms with Crippen molar-refractivity contribution >= 4 is 33.0 Å². The lowest BCUT2D eigenvalue weighted by atomic mass is 9.81. The molecule has 0 aliphatic carbocycles. The van der Waals surface area contributed by atoms with Gasteiger partial charge in [-0.05, 0) is 47.9 Å². The van der Waals surface area contributed by atoms with E-state index in [1.54, 1.807) is 11.3 Å². The third-order valence-electron chi connectivity index (χ3n) is 3.71. The van der Waals surface area contributed by atoms with Crippen molar-refractivity contribution in [2.24, 2.45) is 5.41 Å². The van der Waals surface area contributed by atoms with Gasteiger partial charge in [-0.3, -0.25) is 4.79 Å². The van der Waals surface area contributed by atoms with Crippen LogP contribution >= 0.6 is 11.3 Å². The molecular weight excluding hydrogens is 272 g/mol. The molecule has 1 amide bonds. The molecule has 1 fully saturated rings. The predicted octanol–water partition coefficient (Wildman–Crippen LogP) is 3.16. The number of amides is 1. The summed E-state index contributed by atoms with van der Waals surface area (Å²) in [6.07, 6.45) is 0.909. The number of thiophene rings is 1.